The van der Waals surface area contributed by atoms with Gasteiger partial charge in [0.25, 0.3) is 0 Å². The standard InChI is InChI=1S/C15H16F4N4O/c16-10-2-1-3-12(6-10)24-8-13-21-14(7-20-11-4-5-11)23(22-13)9-15(17,18)19/h1-3,6,11,20H,4-5,7-9H2. The van der Waals surface area contributed by atoms with Crippen LogP contribution in [0, 0.1) is 5.82 Å². The molecule has 0 unspecified atom stereocenters. The molecule has 3 rings (SSSR count). The van der Waals surface area contributed by atoms with Gasteiger partial charge in [0.2, 0.25) is 0 Å². The van der Waals surface area contributed by atoms with Crippen LogP contribution in [0.25, 0.3) is 0 Å². The van der Waals surface area contributed by atoms with E-state index in [0.29, 0.717) is 6.04 Å². The number of nitrogens with one attached hydrogen (secondary N) is 1. The van der Waals surface area contributed by atoms with Gasteiger partial charge in [-0.1, -0.05) is 6.07 Å². The van der Waals surface area contributed by atoms with Crippen molar-refractivity contribution < 1.29 is 22.3 Å². The molecule has 1 fully saturated rings. The molecule has 0 atom stereocenters. The van der Waals surface area contributed by atoms with Gasteiger partial charge in [-0.3, -0.25) is 0 Å². The van der Waals surface area contributed by atoms with Crippen molar-refractivity contribution in [1.82, 2.24) is 20.1 Å². The summed E-state index contributed by atoms with van der Waals surface area (Å²) in [6.45, 7) is -1.12. The van der Waals surface area contributed by atoms with Crippen molar-refractivity contribution in [1.29, 1.82) is 0 Å². The van der Waals surface area contributed by atoms with Crippen LogP contribution in [-0.2, 0) is 19.7 Å². The first kappa shape index (κ1) is 16.7. The zero-order chi connectivity index (χ0) is 17.2. The zero-order valence-corrected chi connectivity index (χ0v) is 12.7. The highest BCUT2D eigenvalue weighted by Crippen LogP contribution is 2.21. The molecule has 5 nitrogen and oxygen atoms in total. The van der Waals surface area contributed by atoms with E-state index in [1.54, 1.807) is 6.07 Å². The first-order valence-corrected chi connectivity index (χ1v) is 7.50. The number of nitrogens with zero attached hydrogens (tertiary/aromatic N) is 3. The summed E-state index contributed by atoms with van der Waals surface area (Å²) in [6.07, 6.45) is -2.35. The maximum absolute atomic E-state index is 13.1. The fraction of sp³-hybridized carbons (Fsp3) is 0.467. The van der Waals surface area contributed by atoms with Crippen LogP contribution in [0.5, 0.6) is 5.75 Å². The monoisotopic (exact) mass is 344 g/mol. The molecule has 1 saturated carbocycles. The third kappa shape index (κ3) is 4.92. The molecular weight excluding hydrogens is 328 g/mol. The number of hydrogen-bond acceptors (Lipinski definition) is 4. The molecule has 2 aromatic rings. The molecule has 1 aromatic heterocycles. The van der Waals surface area contributed by atoms with Gasteiger partial charge in [-0.25, -0.2) is 14.1 Å². The van der Waals surface area contributed by atoms with Gasteiger partial charge in [-0.2, -0.15) is 18.3 Å². The summed E-state index contributed by atoms with van der Waals surface area (Å²) in [5.41, 5.74) is 0. The van der Waals surface area contributed by atoms with E-state index >= 15 is 0 Å². The van der Waals surface area contributed by atoms with Crippen molar-refractivity contribution in [2.75, 3.05) is 0 Å². The number of rotatable bonds is 7. The molecule has 1 heterocycles. The number of alkyl halides is 3. The van der Waals surface area contributed by atoms with E-state index in [-0.39, 0.29) is 30.5 Å². The Balaban J connectivity index is 1.68. The Morgan fingerprint density at radius 2 is 2.08 bits per heavy atom. The molecule has 0 saturated heterocycles. The second-order valence-corrected chi connectivity index (χ2v) is 5.62. The van der Waals surface area contributed by atoms with Crippen molar-refractivity contribution in [3.63, 3.8) is 0 Å². The summed E-state index contributed by atoms with van der Waals surface area (Å²) in [7, 11) is 0. The van der Waals surface area contributed by atoms with Crippen LogP contribution in [0.1, 0.15) is 24.5 Å². The van der Waals surface area contributed by atoms with Gasteiger partial charge < -0.3 is 10.1 Å². The van der Waals surface area contributed by atoms with Gasteiger partial charge >= 0.3 is 6.18 Å². The van der Waals surface area contributed by atoms with E-state index in [1.807, 2.05) is 0 Å². The van der Waals surface area contributed by atoms with Gasteiger partial charge in [0.15, 0.2) is 5.82 Å². The molecule has 1 N–H and O–H groups in total. The van der Waals surface area contributed by atoms with E-state index in [4.69, 9.17) is 4.74 Å². The second-order valence-electron chi connectivity index (χ2n) is 5.62. The molecule has 1 aliphatic carbocycles. The summed E-state index contributed by atoms with van der Waals surface area (Å²) in [5.74, 6) is 0.130. The maximum Gasteiger partial charge on any atom is 0.408 e. The van der Waals surface area contributed by atoms with Crippen LogP contribution in [0.3, 0.4) is 0 Å². The minimum atomic E-state index is -4.39. The Hall–Kier alpha value is -2.16. The minimum absolute atomic E-state index is 0.121. The SMILES string of the molecule is Fc1cccc(OCc2nc(CNC3CC3)n(CC(F)(F)F)n2)c1. The molecular formula is C15H16F4N4O. The van der Waals surface area contributed by atoms with Crippen molar-refractivity contribution in [3.05, 3.63) is 41.7 Å². The number of hydrogen-bond donors (Lipinski definition) is 1. The van der Waals surface area contributed by atoms with Gasteiger partial charge in [0, 0.05) is 12.1 Å². The Labute approximate surface area is 135 Å². The smallest absolute Gasteiger partial charge is 0.408 e. The summed E-state index contributed by atoms with van der Waals surface area (Å²) in [5, 5.41) is 6.97. The number of halogens is 4. The molecule has 0 amide bonds. The highest BCUT2D eigenvalue weighted by molar-refractivity contribution is 5.22. The summed E-state index contributed by atoms with van der Waals surface area (Å²) >= 11 is 0. The first-order chi connectivity index (χ1) is 11.4. The van der Waals surface area contributed by atoms with E-state index in [2.05, 4.69) is 15.4 Å². The number of benzene rings is 1. The lowest BCUT2D eigenvalue weighted by Gasteiger charge is -2.09. The Morgan fingerprint density at radius 3 is 2.75 bits per heavy atom. The lowest BCUT2D eigenvalue weighted by molar-refractivity contribution is -0.143. The molecule has 0 radical (unpaired) electrons. The molecule has 0 spiro atoms. The van der Waals surface area contributed by atoms with Gasteiger partial charge in [0.05, 0.1) is 6.54 Å². The zero-order valence-electron chi connectivity index (χ0n) is 12.7. The first-order valence-electron chi connectivity index (χ1n) is 7.50. The average Bonchev–Trinajstić information content (AvgIpc) is 3.24. The number of aromatic nitrogens is 3. The van der Waals surface area contributed by atoms with E-state index < -0.39 is 18.5 Å². The highest BCUT2D eigenvalue weighted by atomic mass is 19.4. The lowest BCUT2D eigenvalue weighted by Crippen LogP contribution is -2.24. The summed E-state index contributed by atoms with van der Waals surface area (Å²) in [4.78, 5) is 4.10. The Kier molecular flexibility index (Phi) is 4.70. The van der Waals surface area contributed by atoms with Crippen LogP contribution in [-0.4, -0.2) is 27.0 Å². The topological polar surface area (TPSA) is 52.0 Å². The predicted octanol–water partition coefficient (Wildman–Crippen LogP) is 2.81. The maximum atomic E-state index is 13.1. The van der Waals surface area contributed by atoms with Crippen molar-refractivity contribution in [2.45, 2.75) is 44.8 Å². The van der Waals surface area contributed by atoms with Crippen molar-refractivity contribution in [3.8, 4) is 5.75 Å². The summed E-state index contributed by atoms with van der Waals surface area (Å²) < 4.78 is 57.2. The van der Waals surface area contributed by atoms with Crippen LogP contribution < -0.4 is 10.1 Å². The minimum Gasteiger partial charge on any atom is -0.485 e. The molecule has 0 bridgehead atoms. The van der Waals surface area contributed by atoms with Crippen LogP contribution >= 0.6 is 0 Å². The van der Waals surface area contributed by atoms with Crippen LogP contribution in [0.2, 0.25) is 0 Å². The second kappa shape index (κ2) is 6.76. The predicted molar refractivity (Wildman–Crippen MR) is 76.7 cm³/mol. The van der Waals surface area contributed by atoms with Crippen LogP contribution in [0.4, 0.5) is 17.6 Å². The highest BCUT2D eigenvalue weighted by Gasteiger charge is 2.31. The van der Waals surface area contributed by atoms with E-state index in [1.165, 1.54) is 18.2 Å². The van der Waals surface area contributed by atoms with Crippen LogP contribution in [0.15, 0.2) is 24.3 Å². The van der Waals surface area contributed by atoms with E-state index in [0.717, 1.165) is 17.5 Å². The normalized spacial score (nSPS) is 14.8. The van der Waals surface area contributed by atoms with Gasteiger partial charge in [-0.15, -0.1) is 0 Å². The summed E-state index contributed by atoms with van der Waals surface area (Å²) in [6, 6.07) is 5.82. The molecule has 1 aromatic carbocycles. The Bertz CT molecular complexity index is 697. The van der Waals surface area contributed by atoms with Gasteiger partial charge in [0.1, 0.15) is 30.5 Å². The molecule has 0 aliphatic heterocycles. The molecule has 1 aliphatic rings. The lowest BCUT2D eigenvalue weighted by atomic mass is 10.3. The third-order valence-electron chi connectivity index (χ3n) is 3.41. The Morgan fingerprint density at radius 1 is 1.29 bits per heavy atom. The molecule has 9 heteroatoms. The molecule has 130 valence electrons. The third-order valence-corrected chi connectivity index (χ3v) is 3.41. The molecule has 24 heavy (non-hydrogen) atoms. The van der Waals surface area contributed by atoms with Crippen molar-refractivity contribution in [2.24, 2.45) is 0 Å². The fourth-order valence-electron chi connectivity index (χ4n) is 2.14. The average molecular weight is 344 g/mol. The largest absolute Gasteiger partial charge is 0.485 e. The number of ether oxygens (including phenoxy) is 1. The van der Waals surface area contributed by atoms with Gasteiger partial charge in [-0.05, 0) is 25.0 Å². The fourth-order valence-corrected chi connectivity index (χ4v) is 2.14. The van der Waals surface area contributed by atoms with Crippen molar-refractivity contribution >= 4 is 0 Å². The quantitative estimate of drug-likeness (QED) is 0.785. The van der Waals surface area contributed by atoms with E-state index in [9.17, 15) is 17.6 Å².